The molecule has 0 aliphatic rings. The van der Waals surface area contributed by atoms with Crippen LogP contribution in [0.3, 0.4) is 0 Å². The first-order valence-electron chi connectivity index (χ1n) is 9.96. The van der Waals surface area contributed by atoms with Gasteiger partial charge >= 0.3 is 16.8 Å². The van der Waals surface area contributed by atoms with Gasteiger partial charge in [0.05, 0.1) is 17.2 Å². The zero-order valence-electron chi connectivity index (χ0n) is 19.9. The predicted octanol–water partition coefficient (Wildman–Crippen LogP) is 3.12. The summed E-state index contributed by atoms with van der Waals surface area (Å²) >= 11 is 9.40. The molecule has 0 spiro atoms. The molecule has 20 nitrogen and oxygen atoms in total. The van der Waals surface area contributed by atoms with E-state index in [9.17, 15) is 14.7 Å². The van der Waals surface area contributed by atoms with Gasteiger partial charge < -0.3 is 39.5 Å². The molecule has 0 bridgehead atoms. The number of hydrogen-bond donors (Lipinski definition) is 5. The normalized spacial score (nSPS) is 10.0. The monoisotopic (exact) mass is 646 g/mol. The molecule has 4 aromatic heterocycles. The van der Waals surface area contributed by atoms with Crippen LogP contribution in [0.2, 0.25) is 0 Å². The average molecular weight is 646 g/mol. The fourth-order valence-corrected chi connectivity index (χ4v) is 2.82. The van der Waals surface area contributed by atoms with Gasteiger partial charge in [-0.3, -0.25) is 34.6 Å². The fraction of sp³-hybridized carbons (Fsp3) is 0. The van der Waals surface area contributed by atoms with E-state index in [1.165, 1.54) is 0 Å². The van der Waals surface area contributed by atoms with Crippen LogP contribution >= 0.6 is 24.4 Å². The summed E-state index contributed by atoms with van der Waals surface area (Å²) in [5, 5.41) is 41.1. The zero-order chi connectivity index (χ0) is 30.1. The Morgan fingerprint density at radius 3 is 2.00 bits per heavy atom. The summed E-state index contributed by atoms with van der Waals surface area (Å²) in [6.07, 6.45) is 0. The van der Waals surface area contributed by atoms with Crippen molar-refractivity contribution in [1.29, 1.82) is 10.5 Å². The van der Waals surface area contributed by atoms with Gasteiger partial charge in [-0.25, -0.2) is 11.7 Å². The molecule has 208 valence electrons. The molecule has 0 atom stereocenters. The molecule has 5 N–H and O–H groups in total. The van der Waals surface area contributed by atoms with Crippen LogP contribution in [0.5, 0.6) is 11.8 Å². The second-order valence-electron chi connectivity index (χ2n) is 6.57. The second-order valence-corrected chi connectivity index (χ2v) is 7.39. The van der Waals surface area contributed by atoms with Crippen molar-refractivity contribution in [3.05, 3.63) is 71.6 Å². The van der Waals surface area contributed by atoms with Gasteiger partial charge in [-0.2, -0.15) is 17.6 Å². The number of nitrogens with zero attached hydrogens (tertiary/aromatic N) is 12. The Hall–Kier alpha value is -6.11. The third-order valence-electron chi connectivity index (χ3n) is 4.09. The van der Waals surface area contributed by atoms with Crippen molar-refractivity contribution in [2.24, 2.45) is 20.5 Å². The van der Waals surface area contributed by atoms with Crippen LogP contribution in [-0.4, -0.2) is 35.0 Å². The summed E-state index contributed by atoms with van der Waals surface area (Å²) < 4.78 is 4.64. The molecule has 42 heavy (non-hydrogen) atoms. The Balaban J connectivity index is 0.000000287. The van der Waals surface area contributed by atoms with Gasteiger partial charge in [0, 0.05) is 5.95 Å². The maximum Gasteiger partial charge on any atom is 3.00 e. The first-order chi connectivity index (χ1) is 19.6. The first-order valence-corrected chi connectivity index (χ1v) is 10.8. The van der Waals surface area contributed by atoms with Gasteiger partial charge in [0.2, 0.25) is 17.5 Å². The van der Waals surface area contributed by atoms with Crippen molar-refractivity contribution < 1.29 is 26.6 Å². The number of hydrogen-bond acceptors (Lipinski definition) is 14. The topological polar surface area (TPSA) is 286 Å². The van der Waals surface area contributed by atoms with E-state index in [1.807, 2.05) is 0 Å². The molecule has 0 radical (unpaired) electrons. The number of aromatic amines is 4. The van der Waals surface area contributed by atoms with Crippen LogP contribution in [-0.2, 0) is 16.8 Å². The minimum Gasteiger partial charge on any atom is -0.652 e. The first kappa shape index (κ1) is 32.1. The van der Waals surface area contributed by atoms with E-state index >= 15 is 0 Å². The molecule has 0 unspecified atom stereocenters. The molecule has 0 saturated carbocycles. The zero-order valence-corrected chi connectivity index (χ0v) is 22.6. The third kappa shape index (κ3) is 7.50. The molecule has 0 aromatic carbocycles. The van der Waals surface area contributed by atoms with Crippen molar-refractivity contribution in [1.82, 2.24) is 39.9 Å². The standard InChI is InChI=1S/C10H5N8O2S.C9H4N8O2S.Co/c1-20-8-6(7(19)15-10(21)16-8)17-18-9-13-4(2-11)5(3-12)14-9;1-10-4-5(11-2)13-8(12-4)17-16-3-6(18)14-9(20)15-7(3)19;/h1H2,(H3,13,14,15,16,17,18,19,21);(H4,12,13,14,15,16,17,18,19,20);/q-1;;+3/p-2. The van der Waals surface area contributed by atoms with Crippen LogP contribution in [0, 0.1) is 52.5 Å². The Bertz CT molecular complexity index is 2040. The summed E-state index contributed by atoms with van der Waals surface area (Å²) in [7, 11) is 3.15. The molecule has 4 rings (SSSR count). The van der Waals surface area contributed by atoms with E-state index < -0.39 is 22.7 Å². The number of aromatic hydroxyl groups is 1. The van der Waals surface area contributed by atoms with Crippen molar-refractivity contribution in [3.63, 3.8) is 0 Å². The van der Waals surface area contributed by atoms with Crippen LogP contribution in [0.1, 0.15) is 11.4 Å². The summed E-state index contributed by atoms with van der Waals surface area (Å²) in [5.41, 5.74) is -2.42. The van der Waals surface area contributed by atoms with Crippen molar-refractivity contribution in [2.45, 2.75) is 0 Å². The summed E-state index contributed by atoms with van der Waals surface area (Å²) in [6, 6.07) is 3.37. The van der Waals surface area contributed by atoms with Gasteiger partial charge in [-0.1, -0.05) is 6.57 Å². The van der Waals surface area contributed by atoms with E-state index in [4.69, 9.17) is 35.9 Å². The molecule has 0 aliphatic carbocycles. The number of H-pyrrole nitrogens is 4. The molecule has 0 amide bonds. The van der Waals surface area contributed by atoms with E-state index in [-0.39, 0.29) is 72.8 Å². The van der Waals surface area contributed by atoms with Gasteiger partial charge in [0.1, 0.15) is 18.0 Å². The maximum absolute atomic E-state index is 11.7. The minimum absolute atomic E-state index is 0. The Labute approximate surface area is 251 Å². The van der Waals surface area contributed by atoms with Gasteiger partial charge in [0.15, 0.2) is 21.1 Å². The Morgan fingerprint density at radius 1 is 0.905 bits per heavy atom. The fourth-order valence-electron chi connectivity index (χ4n) is 2.45. The molecular formula is C19H7CoN16O4S2. The average Bonchev–Trinajstić information content (AvgIpc) is 3.54. The van der Waals surface area contributed by atoms with Crippen molar-refractivity contribution in [3.8, 4) is 23.9 Å². The molecule has 0 aliphatic heterocycles. The van der Waals surface area contributed by atoms with Crippen molar-refractivity contribution in [2.75, 3.05) is 0 Å². The molecule has 0 fully saturated rings. The van der Waals surface area contributed by atoms with Crippen LogP contribution in [0.25, 0.3) is 9.69 Å². The Morgan fingerprint density at radius 2 is 1.50 bits per heavy atom. The maximum atomic E-state index is 11.7. The molecule has 23 heteroatoms. The van der Waals surface area contributed by atoms with Gasteiger partial charge in [0.25, 0.3) is 11.1 Å². The van der Waals surface area contributed by atoms with Crippen molar-refractivity contribution >= 4 is 59.3 Å². The quantitative estimate of drug-likeness (QED) is 0.119. The summed E-state index contributed by atoms with van der Waals surface area (Å²) in [4.78, 5) is 53.0. The predicted molar refractivity (Wildman–Crippen MR) is 138 cm³/mol. The molecule has 0 saturated heterocycles. The minimum atomic E-state index is -0.752. The number of azo groups is 2. The van der Waals surface area contributed by atoms with E-state index in [1.54, 1.807) is 12.1 Å². The number of nitrogens with one attached hydrogen (secondary N) is 4. The SMILES string of the molecule is [C-]#[N+]c1nc(N=Nc2c(O)[nH]c(=S)[nH]c2=O)[n-]c1[N+]#[C-].[CH2-]Oc1[nH]c(=S)[nH]c(=O)c1N=Nc1nc(C#N)c(C#N)[n-]1.[Co+3]. The van der Waals surface area contributed by atoms with Crippen LogP contribution in [0.4, 0.5) is 34.9 Å². The number of aromatic nitrogens is 8. The van der Waals surface area contributed by atoms with Gasteiger partial charge in [-0.05, 0) is 24.4 Å². The Kier molecular flexibility index (Phi) is 10.9. The third-order valence-corrected chi connectivity index (χ3v) is 4.50. The largest absolute Gasteiger partial charge is 3.00 e. The van der Waals surface area contributed by atoms with Crippen LogP contribution in [0.15, 0.2) is 30.0 Å². The van der Waals surface area contributed by atoms with E-state index in [2.05, 4.69) is 94.1 Å². The number of nitriles is 2. The van der Waals surface area contributed by atoms with E-state index in [0.29, 0.717) is 0 Å². The van der Waals surface area contributed by atoms with E-state index in [0.717, 1.165) is 0 Å². The summed E-state index contributed by atoms with van der Waals surface area (Å²) in [6.45, 7) is 13.6. The number of imidazole rings is 2. The van der Waals surface area contributed by atoms with Gasteiger partial charge in [-0.15, -0.1) is 10.2 Å². The van der Waals surface area contributed by atoms with Crippen LogP contribution < -0.4 is 25.8 Å². The number of rotatable bonds is 5. The number of ether oxygens (including phenoxy) is 1. The molecular weight excluding hydrogens is 639 g/mol. The molecule has 4 heterocycles. The molecule has 4 aromatic rings. The second kappa shape index (κ2) is 14.3. The smallest absolute Gasteiger partial charge is 0.652 e. The summed E-state index contributed by atoms with van der Waals surface area (Å²) in [5.74, 6) is -1.58.